The van der Waals surface area contributed by atoms with Crippen LogP contribution in [0, 0.1) is 0 Å². The van der Waals surface area contributed by atoms with E-state index in [1.54, 1.807) is 0 Å². The summed E-state index contributed by atoms with van der Waals surface area (Å²) in [5.41, 5.74) is 0.452. The minimum atomic E-state index is -0.241. The van der Waals surface area contributed by atoms with Gasteiger partial charge in [-0.25, -0.2) is 0 Å². The minimum absolute atomic E-state index is 0.241. The number of morpholine rings is 1. The first kappa shape index (κ1) is 14.1. The topological polar surface area (TPSA) is 51.4 Å². The molecule has 2 aromatic rings. The first-order chi connectivity index (χ1) is 9.85. The number of rotatable bonds is 2. The predicted octanol–water partition coefficient (Wildman–Crippen LogP) is 3.13. The molecule has 1 aliphatic rings. The molecule has 1 aliphatic heterocycles. The van der Waals surface area contributed by atoms with Crippen molar-refractivity contribution in [2.75, 3.05) is 18.0 Å². The fourth-order valence-electron chi connectivity index (χ4n) is 2.97. The van der Waals surface area contributed by atoms with Crippen molar-refractivity contribution in [3.05, 3.63) is 30.3 Å². The maximum Gasteiger partial charge on any atom is 0.266 e. The number of anilines is 1. The predicted molar refractivity (Wildman–Crippen MR) is 81.2 cm³/mol. The molecule has 0 atom stereocenters. The number of benzene rings is 1. The number of nitrogens with zero attached hydrogens (tertiary/aromatic N) is 3. The summed E-state index contributed by atoms with van der Waals surface area (Å²) in [4.78, 5) is 6.65. The zero-order valence-corrected chi connectivity index (χ0v) is 13.0. The van der Waals surface area contributed by atoms with Crippen molar-refractivity contribution in [3.8, 4) is 11.5 Å². The lowest BCUT2D eigenvalue weighted by atomic mass is 9.99. The molecule has 1 saturated heterocycles. The van der Waals surface area contributed by atoms with Crippen molar-refractivity contribution in [2.24, 2.45) is 0 Å². The van der Waals surface area contributed by atoms with E-state index in [4.69, 9.17) is 9.26 Å². The highest BCUT2D eigenvalue weighted by molar-refractivity contribution is 5.54. The fraction of sp³-hybridized carbons (Fsp3) is 0.500. The average Bonchev–Trinajstić information content (AvgIpc) is 2.85. The molecule has 0 saturated carbocycles. The summed E-state index contributed by atoms with van der Waals surface area (Å²) in [5, 5.41) is 4.13. The molecule has 0 unspecified atom stereocenters. The molecule has 5 heteroatoms. The van der Waals surface area contributed by atoms with Gasteiger partial charge in [0, 0.05) is 18.7 Å². The van der Waals surface area contributed by atoms with Crippen LogP contribution in [0.25, 0.3) is 11.5 Å². The van der Waals surface area contributed by atoms with Gasteiger partial charge in [-0.15, -0.1) is 0 Å². The van der Waals surface area contributed by atoms with Gasteiger partial charge in [-0.2, -0.15) is 4.98 Å². The van der Waals surface area contributed by atoms with Crippen molar-refractivity contribution < 1.29 is 9.26 Å². The Hall–Kier alpha value is -1.88. The fourth-order valence-corrected chi connectivity index (χ4v) is 2.97. The Morgan fingerprint density at radius 1 is 1.00 bits per heavy atom. The maximum absolute atomic E-state index is 6.08. The molecule has 1 aromatic carbocycles. The summed E-state index contributed by atoms with van der Waals surface area (Å²) < 4.78 is 11.5. The van der Waals surface area contributed by atoms with Crippen LogP contribution in [0.2, 0.25) is 0 Å². The maximum atomic E-state index is 6.08. The van der Waals surface area contributed by atoms with Crippen LogP contribution in [-0.2, 0) is 4.74 Å². The molecular weight excluding hydrogens is 266 g/mol. The van der Waals surface area contributed by atoms with Gasteiger partial charge in [0.25, 0.3) is 11.8 Å². The van der Waals surface area contributed by atoms with Gasteiger partial charge in [0.2, 0.25) is 0 Å². The summed E-state index contributed by atoms with van der Waals surface area (Å²) >= 11 is 0. The van der Waals surface area contributed by atoms with Gasteiger partial charge in [-0.3, -0.25) is 0 Å². The molecule has 5 nitrogen and oxygen atoms in total. The lowest BCUT2D eigenvalue weighted by Crippen LogP contribution is -2.57. The molecule has 1 fully saturated rings. The Bertz CT molecular complexity index is 603. The molecular formula is C16H21N3O2. The van der Waals surface area contributed by atoms with Gasteiger partial charge in [0.05, 0.1) is 11.2 Å². The standard InChI is InChI=1S/C16H21N3O2/c1-15(2)10-19(11-16(3,4)21-15)14-17-13(20-18-14)12-8-6-5-7-9-12/h5-9H,10-11H2,1-4H3. The molecule has 112 valence electrons. The van der Waals surface area contributed by atoms with E-state index >= 15 is 0 Å². The van der Waals surface area contributed by atoms with Gasteiger partial charge < -0.3 is 14.2 Å². The molecule has 0 N–H and O–H groups in total. The minimum Gasteiger partial charge on any atom is -0.366 e. The number of ether oxygens (including phenoxy) is 1. The average molecular weight is 287 g/mol. The third-order valence-corrected chi connectivity index (χ3v) is 3.41. The third kappa shape index (κ3) is 3.08. The van der Waals surface area contributed by atoms with E-state index in [1.165, 1.54) is 0 Å². The molecule has 21 heavy (non-hydrogen) atoms. The first-order valence-corrected chi connectivity index (χ1v) is 7.19. The Morgan fingerprint density at radius 2 is 1.62 bits per heavy atom. The molecule has 0 spiro atoms. The van der Waals surface area contributed by atoms with Gasteiger partial charge in [0.1, 0.15) is 0 Å². The van der Waals surface area contributed by atoms with Crippen LogP contribution in [0.5, 0.6) is 0 Å². The Kier molecular flexibility index (Phi) is 3.24. The Balaban J connectivity index is 1.86. The molecule has 1 aromatic heterocycles. The highest BCUT2D eigenvalue weighted by Crippen LogP contribution is 2.31. The van der Waals surface area contributed by atoms with Gasteiger partial charge >= 0.3 is 0 Å². The lowest BCUT2D eigenvalue weighted by Gasteiger charge is -2.46. The molecule has 2 heterocycles. The number of hydrogen-bond acceptors (Lipinski definition) is 5. The second-order valence-corrected chi connectivity index (χ2v) is 6.74. The quantitative estimate of drug-likeness (QED) is 0.849. The van der Waals surface area contributed by atoms with E-state index in [-0.39, 0.29) is 11.2 Å². The highest BCUT2D eigenvalue weighted by atomic mass is 16.5. The van der Waals surface area contributed by atoms with Crippen LogP contribution < -0.4 is 4.90 Å². The molecule has 3 rings (SSSR count). The van der Waals surface area contributed by atoms with Crippen LogP contribution >= 0.6 is 0 Å². The zero-order valence-electron chi connectivity index (χ0n) is 13.0. The summed E-state index contributed by atoms with van der Waals surface area (Å²) in [6.45, 7) is 9.81. The van der Waals surface area contributed by atoms with Crippen molar-refractivity contribution in [1.29, 1.82) is 0 Å². The second-order valence-electron chi connectivity index (χ2n) is 6.74. The summed E-state index contributed by atoms with van der Waals surface area (Å²) in [5.74, 6) is 1.17. The van der Waals surface area contributed by atoms with E-state index in [0.29, 0.717) is 11.8 Å². The molecule has 0 aliphatic carbocycles. The zero-order chi connectivity index (χ0) is 15.1. The summed E-state index contributed by atoms with van der Waals surface area (Å²) in [7, 11) is 0. The number of hydrogen-bond donors (Lipinski definition) is 0. The summed E-state index contributed by atoms with van der Waals surface area (Å²) in [6, 6.07) is 9.81. The van der Waals surface area contributed by atoms with Gasteiger partial charge in [-0.1, -0.05) is 18.2 Å². The van der Waals surface area contributed by atoms with Crippen molar-refractivity contribution >= 4 is 5.95 Å². The Labute approximate surface area is 124 Å². The van der Waals surface area contributed by atoms with Crippen molar-refractivity contribution in [2.45, 2.75) is 38.9 Å². The lowest BCUT2D eigenvalue weighted by molar-refractivity contribution is -0.133. The molecule has 0 amide bonds. The van der Waals surface area contributed by atoms with E-state index in [1.807, 2.05) is 30.3 Å². The highest BCUT2D eigenvalue weighted by Gasteiger charge is 2.39. The van der Waals surface area contributed by atoms with Crippen LogP contribution in [-0.4, -0.2) is 34.4 Å². The van der Waals surface area contributed by atoms with E-state index in [2.05, 4.69) is 42.7 Å². The largest absolute Gasteiger partial charge is 0.366 e. The third-order valence-electron chi connectivity index (χ3n) is 3.41. The van der Waals surface area contributed by atoms with Gasteiger partial charge in [-0.05, 0) is 45.0 Å². The molecule has 0 radical (unpaired) electrons. The van der Waals surface area contributed by atoms with E-state index in [0.717, 1.165) is 18.7 Å². The monoisotopic (exact) mass is 287 g/mol. The molecule has 0 bridgehead atoms. The van der Waals surface area contributed by atoms with E-state index in [9.17, 15) is 0 Å². The van der Waals surface area contributed by atoms with Crippen LogP contribution in [0.3, 0.4) is 0 Å². The normalized spacial score (nSPS) is 20.5. The smallest absolute Gasteiger partial charge is 0.266 e. The van der Waals surface area contributed by atoms with Crippen LogP contribution in [0.4, 0.5) is 5.95 Å². The SMILES string of the molecule is CC1(C)CN(c2noc(-c3ccccc3)n2)CC(C)(C)O1. The van der Waals surface area contributed by atoms with E-state index < -0.39 is 0 Å². The van der Waals surface area contributed by atoms with Crippen molar-refractivity contribution in [1.82, 2.24) is 10.1 Å². The van der Waals surface area contributed by atoms with Crippen molar-refractivity contribution in [3.63, 3.8) is 0 Å². The van der Waals surface area contributed by atoms with Gasteiger partial charge in [0.15, 0.2) is 0 Å². The second kappa shape index (κ2) is 4.84. The first-order valence-electron chi connectivity index (χ1n) is 7.19. The number of aromatic nitrogens is 2. The summed E-state index contributed by atoms with van der Waals surface area (Å²) in [6.07, 6.45) is 0. The van der Waals surface area contributed by atoms with Crippen LogP contribution in [0.1, 0.15) is 27.7 Å². The van der Waals surface area contributed by atoms with Crippen LogP contribution in [0.15, 0.2) is 34.9 Å². The Morgan fingerprint density at radius 3 is 2.24 bits per heavy atom.